The van der Waals surface area contributed by atoms with E-state index in [2.05, 4.69) is 27.5 Å². The molecule has 1 aromatic rings. The summed E-state index contributed by atoms with van der Waals surface area (Å²) in [7, 11) is 1.40. The molecule has 0 radical (unpaired) electrons. The smallest absolute Gasteiger partial charge is 0.328 e. The van der Waals surface area contributed by atoms with Gasteiger partial charge in [0.05, 0.1) is 7.11 Å². The SMILES string of the molecule is CCCNc1ncnc(NC(C(=O)OC)C(C)C)c1CC. The van der Waals surface area contributed by atoms with Crippen LogP contribution in [0.2, 0.25) is 0 Å². The fourth-order valence-electron chi connectivity index (χ4n) is 2.04. The zero-order valence-electron chi connectivity index (χ0n) is 13.6. The number of methoxy groups -OCH3 is 1. The number of esters is 1. The van der Waals surface area contributed by atoms with Crippen LogP contribution in [0.25, 0.3) is 0 Å². The van der Waals surface area contributed by atoms with Crippen LogP contribution < -0.4 is 10.6 Å². The molecule has 1 atom stereocenters. The number of nitrogens with zero attached hydrogens (tertiary/aromatic N) is 2. The average Bonchev–Trinajstić information content (AvgIpc) is 2.49. The third kappa shape index (κ3) is 4.58. The van der Waals surface area contributed by atoms with Crippen molar-refractivity contribution < 1.29 is 9.53 Å². The minimum Gasteiger partial charge on any atom is -0.467 e. The standard InChI is InChI=1S/C15H26N4O2/c1-6-8-16-13-11(7-2)14(18-9-17-13)19-12(10(3)4)15(20)21-5/h9-10,12H,6-8H2,1-5H3,(H2,16,17,18,19). The summed E-state index contributed by atoms with van der Waals surface area (Å²) in [4.78, 5) is 20.4. The van der Waals surface area contributed by atoms with Gasteiger partial charge in [0.1, 0.15) is 24.0 Å². The van der Waals surface area contributed by atoms with Crippen molar-refractivity contribution in [1.82, 2.24) is 9.97 Å². The fourth-order valence-corrected chi connectivity index (χ4v) is 2.04. The number of ether oxygens (including phenoxy) is 1. The lowest BCUT2D eigenvalue weighted by atomic mass is 10.0. The van der Waals surface area contributed by atoms with Crippen molar-refractivity contribution in [2.75, 3.05) is 24.3 Å². The highest BCUT2D eigenvalue weighted by atomic mass is 16.5. The summed E-state index contributed by atoms with van der Waals surface area (Å²) in [6.07, 6.45) is 3.31. The summed E-state index contributed by atoms with van der Waals surface area (Å²) in [6.45, 7) is 8.94. The predicted molar refractivity (Wildman–Crippen MR) is 84.5 cm³/mol. The van der Waals surface area contributed by atoms with E-state index < -0.39 is 6.04 Å². The van der Waals surface area contributed by atoms with Crippen molar-refractivity contribution in [2.45, 2.75) is 46.6 Å². The van der Waals surface area contributed by atoms with Gasteiger partial charge in [0.2, 0.25) is 0 Å². The van der Waals surface area contributed by atoms with Crippen LogP contribution in [0.5, 0.6) is 0 Å². The van der Waals surface area contributed by atoms with Crippen molar-refractivity contribution in [3.05, 3.63) is 11.9 Å². The van der Waals surface area contributed by atoms with Gasteiger partial charge in [-0.2, -0.15) is 0 Å². The van der Waals surface area contributed by atoms with Crippen molar-refractivity contribution in [3.8, 4) is 0 Å². The maximum absolute atomic E-state index is 11.9. The number of anilines is 2. The molecule has 0 spiro atoms. The zero-order valence-corrected chi connectivity index (χ0v) is 13.6. The highest BCUT2D eigenvalue weighted by molar-refractivity contribution is 5.79. The van der Waals surface area contributed by atoms with Crippen molar-refractivity contribution in [1.29, 1.82) is 0 Å². The van der Waals surface area contributed by atoms with Crippen LogP contribution >= 0.6 is 0 Å². The third-order valence-corrected chi connectivity index (χ3v) is 3.26. The molecule has 0 saturated carbocycles. The van der Waals surface area contributed by atoms with Crippen LogP contribution in [-0.4, -0.2) is 35.6 Å². The zero-order chi connectivity index (χ0) is 15.8. The molecule has 0 saturated heterocycles. The summed E-state index contributed by atoms with van der Waals surface area (Å²) in [6, 6.07) is -0.422. The Morgan fingerprint density at radius 2 is 1.95 bits per heavy atom. The molecule has 0 bridgehead atoms. The monoisotopic (exact) mass is 294 g/mol. The van der Waals surface area contributed by atoms with Crippen LogP contribution in [0.3, 0.4) is 0 Å². The number of hydrogen-bond donors (Lipinski definition) is 2. The van der Waals surface area contributed by atoms with Crippen molar-refractivity contribution >= 4 is 17.6 Å². The molecular formula is C15H26N4O2. The second kappa shape index (κ2) is 8.44. The molecule has 1 heterocycles. The average molecular weight is 294 g/mol. The highest BCUT2D eigenvalue weighted by Gasteiger charge is 2.24. The van der Waals surface area contributed by atoms with Gasteiger partial charge in [-0.3, -0.25) is 0 Å². The number of carbonyl (C=O) groups is 1. The maximum Gasteiger partial charge on any atom is 0.328 e. The summed E-state index contributed by atoms with van der Waals surface area (Å²) in [5.41, 5.74) is 0.987. The van der Waals surface area contributed by atoms with Gasteiger partial charge in [-0.1, -0.05) is 27.7 Å². The van der Waals surface area contributed by atoms with Gasteiger partial charge in [-0.25, -0.2) is 14.8 Å². The van der Waals surface area contributed by atoms with Crippen LogP contribution in [0.1, 0.15) is 39.7 Å². The van der Waals surface area contributed by atoms with E-state index in [1.807, 2.05) is 20.8 Å². The van der Waals surface area contributed by atoms with E-state index in [9.17, 15) is 4.79 Å². The normalized spacial score (nSPS) is 12.1. The van der Waals surface area contributed by atoms with E-state index in [4.69, 9.17) is 4.74 Å². The number of rotatable bonds is 8. The first-order chi connectivity index (χ1) is 10.0. The molecule has 0 amide bonds. The topological polar surface area (TPSA) is 76.1 Å². The third-order valence-electron chi connectivity index (χ3n) is 3.26. The summed E-state index contributed by atoms with van der Waals surface area (Å²) >= 11 is 0. The van der Waals surface area contributed by atoms with Crippen LogP contribution in [0, 0.1) is 5.92 Å². The minimum atomic E-state index is -0.422. The molecule has 2 N–H and O–H groups in total. The Labute approximate surface area is 126 Å². The first kappa shape index (κ1) is 17.2. The van der Waals surface area contributed by atoms with Gasteiger partial charge >= 0.3 is 5.97 Å². The number of nitrogens with one attached hydrogen (secondary N) is 2. The van der Waals surface area contributed by atoms with Crippen molar-refractivity contribution in [3.63, 3.8) is 0 Å². The molecule has 1 rings (SSSR count). The second-order valence-corrected chi connectivity index (χ2v) is 5.22. The van der Waals surface area contributed by atoms with Crippen LogP contribution in [0.15, 0.2) is 6.33 Å². The summed E-state index contributed by atoms with van der Waals surface area (Å²) < 4.78 is 4.85. The van der Waals surface area contributed by atoms with E-state index in [1.54, 1.807) is 0 Å². The Balaban J connectivity index is 3.03. The maximum atomic E-state index is 11.9. The Bertz CT molecular complexity index is 463. The Morgan fingerprint density at radius 3 is 2.48 bits per heavy atom. The van der Waals surface area contributed by atoms with Crippen molar-refractivity contribution in [2.24, 2.45) is 5.92 Å². The number of hydrogen-bond acceptors (Lipinski definition) is 6. The van der Waals surface area contributed by atoms with E-state index in [0.717, 1.165) is 30.8 Å². The molecule has 0 aromatic carbocycles. The van der Waals surface area contributed by atoms with Gasteiger partial charge in [-0.15, -0.1) is 0 Å². The lowest BCUT2D eigenvalue weighted by molar-refractivity contribution is -0.142. The van der Waals surface area contributed by atoms with E-state index in [1.165, 1.54) is 13.4 Å². The summed E-state index contributed by atoms with van der Waals surface area (Å²) in [5.74, 6) is 1.33. The molecular weight excluding hydrogens is 268 g/mol. The highest BCUT2D eigenvalue weighted by Crippen LogP contribution is 2.22. The van der Waals surface area contributed by atoms with Gasteiger partial charge in [-0.05, 0) is 18.8 Å². The summed E-state index contributed by atoms with van der Waals surface area (Å²) in [5, 5.41) is 6.49. The first-order valence-electron chi connectivity index (χ1n) is 7.47. The molecule has 0 aliphatic heterocycles. The lowest BCUT2D eigenvalue weighted by Crippen LogP contribution is -2.36. The lowest BCUT2D eigenvalue weighted by Gasteiger charge is -2.22. The molecule has 1 aromatic heterocycles. The molecule has 1 unspecified atom stereocenters. The predicted octanol–water partition coefficient (Wildman–Crippen LogP) is 2.47. The molecule has 6 nitrogen and oxygen atoms in total. The Kier molecular flexibility index (Phi) is 6.91. The van der Waals surface area contributed by atoms with E-state index in [-0.39, 0.29) is 11.9 Å². The number of aromatic nitrogens is 2. The Hall–Kier alpha value is -1.85. The van der Waals surface area contributed by atoms with Gasteiger partial charge in [0.15, 0.2) is 0 Å². The van der Waals surface area contributed by atoms with E-state index in [0.29, 0.717) is 5.82 Å². The first-order valence-corrected chi connectivity index (χ1v) is 7.47. The van der Waals surface area contributed by atoms with Gasteiger partial charge in [0.25, 0.3) is 0 Å². The fraction of sp³-hybridized carbons (Fsp3) is 0.667. The Morgan fingerprint density at radius 1 is 1.29 bits per heavy atom. The minimum absolute atomic E-state index is 0.101. The molecule has 6 heteroatoms. The largest absolute Gasteiger partial charge is 0.467 e. The molecule has 0 aliphatic rings. The molecule has 21 heavy (non-hydrogen) atoms. The second-order valence-electron chi connectivity index (χ2n) is 5.22. The van der Waals surface area contributed by atoms with Gasteiger partial charge < -0.3 is 15.4 Å². The quantitative estimate of drug-likeness (QED) is 0.717. The number of carbonyl (C=O) groups excluding carboxylic acids is 1. The molecule has 0 aliphatic carbocycles. The van der Waals surface area contributed by atoms with E-state index >= 15 is 0 Å². The molecule has 118 valence electrons. The molecule has 0 fully saturated rings. The van der Waals surface area contributed by atoms with Crippen LogP contribution in [0.4, 0.5) is 11.6 Å². The van der Waals surface area contributed by atoms with Gasteiger partial charge in [0, 0.05) is 12.1 Å². The van der Waals surface area contributed by atoms with Crippen LogP contribution in [-0.2, 0) is 16.0 Å².